The molecule has 2 aliphatic heterocycles. The fourth-order valence-corrected chi connectivity index (χ4v) is 3.37. The summed E-state index contributed by atoms with van der Waals surface area (Å²) < 4.78 is 0. The lowest BCUT2D eigenvalue weighted by molar-refractivity contribution is 0.230. The Morgan fingerprint density at radius 3 is 3.10 bits per heavy atom. The SMILES string of the molecule is C1=C(c2ccc3nc[nH]c3c2)CCN(C2CCNC2)C1. The Morgan fingerprint density at radius 1 is 1.30 bits per heavy atom. The number of nitrogens with zero attached hydrogens (tertiary/aromatic N) is 2. The Labute approximate surface area is 118 Å². The Kier molecular flexibility index (Phi) is 3.05. The first kappa shape index (κ1) is 12.1. The van der Waals surface area contributed by atoms with Gasteiger partial charge in [0.15, 0.2) is 0 Å². The second kappa shape index (κ2) is 5.04. The smallest absolute Gasteiger partial charge is 0.0931 e. The topological polar surface area (TPSA) is 44.0 Å². The number of hydrogen-bond donors (Lipinski definition) is 2. The molecule has 1 saturated heterocycles. The molecule has 0 bridgehead atoms. The molecular weight excluding hydrogens is 248 g/mol. The van der Waals surface area contributed by atoms with Crippen LogP contribution < -0.4 is 5.32 Å². The van der Waals surface area contributed by atoms with E-state index in [9.17, 15) is 0 Å². The summed E-state index contributed by atoms with van der Waals surface area (Å²) in [4.78, 5) is 10.1. The third-order valence-electron chi connectivity index (χ3n) is 4.58. The first-order valence-electron chi connectivity index (χ1n) is 7.47. The number of hydrogen-bond acceptors (Lipinski definition) is 3. The van der Waals surface area contributed by atoms with Crippen LogP contribution in [0.3, 0.4) is 0 Å². The maximum absolute atomic E-state index is 4.28. The predicted molar refractivity (Wildman–Crippen MR) is 81.5 cm³/mol. The molecule has 0 saturated carbocycles. The van der Waals surface area contributed by atoms with Gasteiger partial charge in [0.2, 0.25) is 0 Å². The molecule has 2 aliphatic rings. The number of imidazole rings is 1. The van der Waals surface area contributed by atoms with Gasteiger partial charge in [-0.3, -0.25) is 4.90 Å². The molecule has 1 atom stereocenters. The van der Waals surface area contributed by atoms with Gasteiger partial charge in [-0.2, -0.15) is 0 Å². The Morgan fingerprint density at radius 2 is 2.30 bits per heavy atom. The molecule has 4 heteroatoms. The maximum atomic E-state index is 4.28. The summed E-state index contributed by atoms with van der Waals surface area (Å²) in [5.74, 6) is 0. The molecule has 0 aliphatic carbocycles. The van der Waals surface area contributed by atoms with Crippen molar-refractivity contribution in [3.63, 3.8) is 0 Å². The highest BCUT2D eigenvalue weighted by Crippen LogP contribution is 2.26. The number of nitrogens with one attached hydrogen (secondary N) is 2. The number of aromatic nitrogens is 2. The molecule has 4 nitrogen and oxygen atoms in total. The second-order valence-corrected chi connectivity index (χ2v) is 5.76. The van der Waals surface area contributed by atoms with Crippen LogP contribution in [0.15, 0.2) is 30.6 Å². The van der Waals surface area contributed by atoms with E-state index in [1.807, 2.05) is 0 Å². The first-order valence-corrected chi connectivity index (χ1v) is 7.47. The average Bonchev–Trinajstić information content (AvgIpc) is 3.18. The molecule has 0 spiro atoms. The zero-order valence-corrected chi connectivity index (χ0v) is 11.6. The van der Waals surface area contributed by atoms with E-state index in [0.717, 1.165) is 36.6 Å². The Hall–Kier alpha value is -1.65. The molecule has 1 aromatic heterocycles. The normalized spacial score (nSPS) is 24.2. The van der Waals surface area contributed by atoms with Crippen molar-refractivity contribution in [1.82, 2.24) is 20.2 Å². The minimum absolute atomic E-state index is 0.739. The van der Waals surface area contributed by atoms with Crippen molar-refractivity contribution in [2.45, 2.75) is 18.9 Å². The average molecular weight is 268 g/mol. The third kappa shape index (κ3) is 2.15. The summed E-state index contributed by atoms with van der Waals surface area (Å²) in [6.07, 6.45) is 6.61. The van der Waals surface area contributed by atoms with E-state index < -0.39 is 0 Å². The van der Waals surface area contributed by atoms with E-state index in [-0.39, 0.29) is 0 Å². The van der Waals surface area contributed by atoms with Crippen molar-refractivity contribution in [3.8, 4) is 0 Å². The fraction of sp³-hybridized carbons (Fsp3) is 0.438. The molecule has 2 aromatic rings. The van der Waals surface area contributed by atoms with Crippen molar-refractivity contribution < 1.29 is 0 Å². The summed E-state index contributed by atoms with van der Waals surface area (Å²) in [6.45, 7) is 4.60. The molecular formula is C16H20N4. The summed E-state index contributed by atoms with van der Waals surface area (Å²) in [6, 6.07) is 7.26. The van der Waals surface area contributed by atoms with Crippen LogP contribution in [0.5, 0.6) is 0 Å². The summed E-state index contributed by atoms with van der Waals surface area (Å²) in [5.41, 5.74) is 4.99. The van der Waals surface area contributed by atoms with Crippen LogP contribution in [0.1, 0.15) is 18.4 Å². The van der Waals surface area contributed by atoms with Crippen molar-refractivity contribution in [2.75, 3.05) is 26.2 Å². The third-order valence-corrected chi connectivity index (χ3v) is 4.58. The molecule has 2 N–H and O–H groups in total. The highest BCUT2D eigenvalue weighted by molar-refractivity contribution is 5.80. The van der Waals surface area contributed by atoms with E-state index in [0.29, 0.717) is 0 Å². The van der Waals surface area contributed by atoms with Crippen LogP contribution in [0.25, 0.3) is 16.6 Å². The number of aromatic amines is 1. The molecule has 20 heavy (non-hydrogen) atoms. The number of rotatable bonds is 2. The van der Waals surface area contributed by atoms with E-state index in [4.69, 9.17) is 0 Å². The zero-order chi connectivity index (χ0) is 13.4. The van der Waals surface area contributed by atoms with Gasteiger partial charge in [0.25, 0.3) is 0 Å². The van der Waals surface area contributed by atoms with Crippen LogP contribution in [0.4, 0.5) is 0 Å². The van der Waals surface area contributed by atoms with E-state index >= 15 is 0 Å². The summed E-state index contributed by atoms with van der Waals surface area (Å²) in [7, 11) is 0. The largest absolute Gasteiger partial charge is 0.345 e. The van der Waals surface area contributed by atoms with Crippen LogP contribution in [0, 0.1) is 0 Å². The fourth-order valence-electron chi connectivity index (χ4n) is 3.37. The molecule has 1 aromatic carbocycles. The quantitative estimate of drug-likeness (QED) is 0.875. The lowest BCUT2D eigenvalue weighted by Crippen LogP contribution is -2.39. The van der Waals surface area contributed by atoms with Crippen molar-refractivity contribution in [1.29, 1.82) is 0 Å². The lowest BCUT2D eigenvalue weighted by Gasteiger charge is -2.31. The summed E-state index contributed by atoms with van der Waals surface area (Å²) >= 11 is 0. The van der Waals surface area contributed by atoms with Gasteiger partial charge >= 0.3 is 0 Å². The molecule has 4 rings (SSSR count). The van der Waals surface area contributed by atoms with Crippen molar-refractivity contribution in [3.05, 3.63) is 36.2 Å². The van der Waals surface area contributed by atoms with Gasteiger partial charge in [-0.05, 0) is 42.7 Å². The van der Waals surface area contributed by atoms with Gasteiger partial charge in [-0.1, -0.05) is 12.1 Å². The second-order valence-electron chi connectivity index (χ2n) is 5.76. The molecule has 3 heterocycles. The Bertz CT molecular complexity index is 637. The predicted octanol–water partition coefficient (Wildman–Crippen LogP) is 2.01. The van der Waals surface area contributed by atoms with Gasteiger partial charge < -0.3 is 10.3 Å². The number of fused-ring (bicyclic) bond motifs is 1. The van der Waals surface area contributed by atoms with E-state index in [2.05, 4.69) is 44.5 Å². The first-order chi connectivity index (χ1) is 9.90. The Balaban J connectivity index is 1.54. The maximum Gasteiger partial charge on any atom is 0.0931 e. The van der Waals surface area contributed by atoms with Crippen LogP contribution in [-0.2, 0) is 0 Å². The van der Waals surface area contributed by atoms with E-state index in [1.165, 1.54) is 30.6 Å². The van der Waals surface area contributed by atoms with Gasteiger partial charge in [0.05, 0.1) is 17.4 Å². The number of H-pyrrole nitrogens is 1. The van der Waals surface area contributed by atoms with Gasteiger partial charge in [-0.15, -0.1) is 0 Å². The molecule has 1 fully saturated rings. The van der Waals surface area contributed by atoms with E-state index in [1.54, 1.807) is 6.33 Å². The standard InChI is InChI=1S/C16H20N4/c1-2-15-16(19-11-18-15)9-13(1)12-4-7-20(8-5-12)14-3-6-17-10-14/h1-2,4,9,11,14,17H,3,5-8,10H2,(H,18,19). The van der Waals surface area contributed by atoms with Gasteiger partial charge in [0, 0.05) is 25.7 Å². The van der Waals surface area contributed by atoms with Gasteiger partial charge in [0.1, 0.15) is 0 Å². The number of benzene rings is 1. The lowest BCUT2D eigenvalue weighted by atomic mass is 9.98. The van der Waals surface area contributed by atoms with Crippen molar-refractivity contribution >= 4 is 16.6 Å². The minimum Gasteiger partial charge on any atom is -0.345 e. The van der Waals surface area contributed by atoms with Crippen LogP contribution in [-0.4, -0.2) is 47.1 Å². The molecule has 1 unspecified atom stereocenters. The molecule has 0 amide bonds. The molecule has 0 radical (unpaired) electrons. The highest BCUT2D eigenvalue weighted by Gasteiger charge is 2.23. The highest BCUT2D eigenvalue weighted by atomic mass is 15.2. The van der Waals surface area contributed by atoms with Crippen molar-refractivity contribution in [2.24, 2.45) is 0 Å². The van der Waals surface area contributed by atoms with Crippen LogP contribution >= 0.6 is 0 Å². The summed E-state index contributed by atoms with van der Waals surface area (Å²) in [5, 5.41) is 3.46. The minimum atomic E-state index is 0.739. The molecule has 104 valence electrons. The monoisotopic (exact) mass is 268 g/mol. The zero-order valence-electron chi connectivity index (χ0n) is 11.6. The van der Waals surface area contributed by atoms with Gasteiger partial charge in [-0.25, -0.2) is 4.98 Å². The van der Waals surface area contributed by atoms with Crippen LogP contribution in [0.2, 0.25) is 0 Å².